The van der Waals surface area contributed by atoms with Crippen molar-refractivity contribution in [1.29, 1.82) is 0 Å². The molecule has 1 saturated heterocycles. The minimum Gasteiger partial charge on any atom is -0.304 e. The largest absolute Gasteiger partial charge is 0.304 e. The van der Waals surface area contributed by atoms with Crippen molar-refractivity contribution < 1.29 is 0 Å². The lowest BCUT2D eigenvalue weighted by Crippen LogP contribution is -2.33. The number of hydrogen-bond acceptors (Lipinski definition) is 2. The van der Waals surface area contributed by atoms with Gasteiger partial charge < -0.3 is 4.90 Å². The molecule has 3 nitrogen and oxygen atoms in total. The minimum atomic E-state index is 0.722. The van der Waals surface area contributed by atoms with Crippen LogP contribution in [0.2, 0.25) is 0 Å². The van der Waals surface area contributed by atoms with Gasteiger partial charge in [-0.15, -0.1) is 0 Å². The van der Waals surface area contributed by atoms with E-state index in [0.29, 0.717) is 0 Å². The highest BCUT2D eigenvalue weighted by atomic mass is 15.3. The Bertz CT molecular complexity index is 302. The Kier molecular flexibility index (Phi) is 3.10. The van der Waals surface area contributed by atoms with Gasteiger partial charge in [0.2, 0.25) is 0 Å². The maximum atomic E-state index is 4.33. The molecule has 3 heteroatoms. The molecular formula is C12H21N3. The average Bonchev–Trinajstić information content (AvgIpc) is 2.59. The monoisotopic (exact) mass is 207 g/mol. The summed E-state index contributed by atoms with van der Waals surface area (Å²) in [4.78, 5) is 2.53. The van der Waals surface area contributed by atoms with E-state index in [2.05, 4.69) is 35.6 Å². The molecule has 0 aromatic carbocycles. The Hall–Kier alpha value is -0.830. The molecule has 1 aromatic heterocycles. The van der Waals surface area contributed by atoms with Gasteiger partial charge in [-0.05, 0) is 45.0 Å². The summed E-state index contributed by atoms with van der Waals surface area (Å²) in [7, 11) is 2.06. The van der Waals surface area contributed by atoms with Gasteiger partial charge in [-0.1, -0.05) is 6.92 Å². The fourth-order valence-electron chi connectivity index (χ4n) is 2.67. The number of likely N-dealkylation sites (tertiary alicyclic amines) is 1. The molecule has 0 atom stereocenters. The van der Waals surface area contributed by atoms with E-state index in [1.54, 1.807) is 0 Å². The predicted molar refractivity (Wildman–Crippen MR) is 62.0 cm³/mol. The Morgan fingerprint density at radius 2 is 2.07 bits per heavy atom. The summed E-state index contributed by atoms with van der Waals surface area (Å²) in [6.45, 7) is 8.10. The molecule has 0 aliphatic carbocycles. The van der Waals surface area contributed by atoms with Gasteiger partial charge in [0.1, 0.15) is 0 Å². The number of aromatic nitrogens is 2. The van der Waals surface area contributed by atoms with E-state index in [1.165, 1.54) is 43.7 Å². The van der Waals surface area contributed by atoms with E-state index in [4.69, 9.17) is 0 Å². The van der Waals surface area contributed by atoms with Gasteiger partial charge in [0.25, 0.3) is 0 Å². The molecule has 2 heterocycles. The van der Waals surface area contributed by atoms with Crippen molar-refractivity contribution in [2.24, 2.45) is 7.05 Å². The van der Waals surface area contributed by atoms with Crippen molar-refractivity contribution in [3.63, 3.8) is 0 Å². The van der Waals surface area contributed by atoms with E-state index in [-0.39, 0.29) is 0 Å². The molecule has 1 aliphatic heterocycles. The summed E-state index contributed by atoms with van der Waals surface area (Å²) in [6, 6.07) is 0. The van der Waals surface area contributed by atoms with Gasteiger partial charge in [-0.25, -0.2) is 0 Å². The van der Waals surface area contributed by atoms with Crippen LogP contribution in [0.5, 0.6) is 0 Å². The van der Waals surface area contributed by atoms with Crippen molar-refractivity contribution in [1.82, 2.24) is 14.7 Å². The lowest BCUT2D eigenvalue weighted by atomic mass is 9.91. The van der Waals surface area contributed by atoms with Crippen molar-refractivity contribution >= 4 is 0 Å². The van der Waals surface area contributed by atoms with Gasteiger partial charge in [0.15, 0.2) is 0 Å². The molecule has 1 aliphatic rings. The SMILES string of the molecule is CCN1CCC(c2c(C)cnn2C)CC1. The molecule has 2 rings (SSSR count). The molecule has 0 spiro atoms. The fraction of sp³-hybridized carbons (Fsp3) is 0.750. The number of piperidine rings is 1. The molecule has 84 valence electrons. The molecule has 1 aromatic rings. The van der Waals surface area contributed by atoms with Gasteiger partial charge in [0, 0.05) is 18.7 Å². The van der Waals surface area contributed by atoms with Gasteiger partial charge in [-0.3, -0.25) is 4.68 Å². The van der Waals surface area contributed by atoms with E-state index in [9.17, 15) is 0 Å². The quantitative estimate of drug-likeness (QED) is 0.739. The molecule has 0 N–H and O–H groups in total. The molecule has 1 fully saturated rings. The first-order chi connectivity index (χ1) is 7.22. The van der Waals surface area contributed by atoms with Crippen molar-refractivity contribution in [3.8, 4) is 0 Å². The first-order valence-corrected chi connectivity index (χ1v) is 5.93. The lowest BCUT2D eigenvalue weighted by molar-refractivity contribution is 0.219. The van der Waals surface area contributed by atoms with Crippen LogP contribution in [0.25, 0.3) is 0 Å². The number of aryl methyl sites for hydroxylation is 2. The van der Waals surface area contributed by atoms with Crippen LogP contribution < -0.4 is 0 Å². The predicted octanol–water partition coefficient (Wildman–Crippen LogP) is 1.93. The number of nitrogens with zero attached hydrogens (tertiary/aromatic N) is 3. The lowest BCUT2D eigenvalue weighted by Gasteiger charge is -2.31. The minimum absolute atomic E-state index is 0.722. The second-order valence-electron chi connectivity index (χ2n) is 4.54. The van der Waals surface area contributed by atoms with E-state index >= 15 is 0 Å². The Morgan fingerprint density at radius 1 is 1.40 bits per heavy atom. The maximum Gasteiger partial charge on any atom is 0.0521 e. The molecule has 0 radical (unpaired) electrons. The van der Waals surface area contributed by atoms with Gasteiger partial charge in [-0.2, -0.15) is 5.10 Å². The normalized spacial score (nSPS) is 19.7. The smallest absolute Gasteiger partial charge is 0.0521 e. The zero-order valence-corrected chi connectivity index (χ0v) is 10.0. The molecule has 15 heavy (non-hydrogen) atoms. The van der Waals surface area contributed by atoms with Crippen LogP contribution >= 0.6 is 0 Å². The highest BCUT2D eigenvalue weighted by molar-refractivity contribution is 5.20. The second-order valence-corrected chi connectivity index (χ2v) is 4.54. The highest BCUT2D eigenvalue weighted by Crippen LogP contribution is 2.29. The van der Waals surface area contributed by atoms with Crippen LogP contribution in [0.4, 0.5) is 0 Å². The summed E-state index contributed by atoms with van der Waals surface area (Å²) in [5.74, 6) is 0.722. The fourth-order valence-corrected chi connectivity index (χ4v) is 2.67. The van der Waals surface area contributed by atoms with Crippen LogP contribution in [0.15, 0.2) is 6.20 Å². The van der Waals surface area contributed by atoms with E-state index < -0.39 is 0 Å². The van der Waals surface area contributed by atoms with Crippen LogP contribution in [0, 0.1) is 6.92 Å². The van der Waals surface area contributed by atoms with E-state index in [0.717, 1.165) is 5.92 Å². The molecular weight excluding hydrogens is 186 g/mol. The second kappa shape index (κ2) is 4.35. The first-order valence-electron chi connectivity index (χ1n) is 5.93. The number of hydrogen-bond donors (Lipinski definition) is 0. The van der Waals surface area contributed by atoms with Gasteiger partial charge >= 0.3 is 0 Å². The maximum absolute atomic E-state index is 4.33. The summed E-state index contributed by atoms with van der Waals surface area (Å²) in [5, 5.41) is 4.33. The molecule has 0 amide bonds. The van der Waals surface area contributed by atoms with Crippen LogP contribution in [-0.4, -0.2) is 34.3 Å². The Balaban J connectivity index is 2.07. The Morgan fingerprint density at radius 3 is 2.53 bits per heavy atom. The van der Waals surface area contributed by atoms with Crippen molar-refractivity contribution in [2.45, 2.75) is 32.6 Å². The van der Waals surface area contributed by atoms with Crippen LogP contribution in [0.3, 0.4) is 0 Å². The summed E-state index contributed by atoms with van der Waals surface area (Å²) < 4.78 is 2.06. The molecule has 0 saturated carbocycles. The van der Waals surface area contributed by atoms with Crippen LogP contribution in [0.1, 0.15) is 36.9 Å². The topological polar surface area (TPSA) is 21.1 Å². The highest BCUT2D eigenvalue weighted by Gasteiger charge is 2.23. The third-order valence-electron chi connectivity index (χ3n) is 3.60. The summed E-state index contributed by atoms with van der Waals surface area (Å²) in [5.41, 5.74) is 2.80. The average molecular weight is 207 g/mol. The zero-order chi connectivity index (χ0) is 10.8. The first kappa shape index (κ1) is 10.7. The Labute approximate surface area is 92.1 Å². The third-order valence-corrected chi connectivity index (χ3v) is 3.60. The summed E-state index contributed by atoms with van der Waals surface area (Å²) >= 11 is 0. The van der Waals surface area contributed by atoms with Crippen LogP contribution in [-0.2, 0) is 7.05 Å². The summed E-state index contributed by atoms with van der Waals surface area (Å²) in [6.07, 6.45) is 4.56. The third kappa shape index (κ3) is 2.07. The molecule has 0 bridgehead atoms. The molecule has 0 unspecified atom stereocenters. The van der Waals surface area contributed by atoms with E-state index in [1.807, 2.05) is 6.20 Å². The van der Waals surface area contributed by atoms with Crippen molar-refractivity contribution in [3.05, 3.63) is 17.5 Å². The van der Waals surface area contributed by atoms with Crippen molar-refractivity contribution in [2.75, 3.05) is 19.6 Å². The van der Waals surface area contributed by atoms with Gasteiger partial charge in [0.05, 0.1) is 6.20 Å². The number of rotatable bonds is 2. The zero-order valence-electron chi connectivity index (χ0n) is 10.0. The standard InChI is InChI=1S/C12H21N3/c1-4-15-7-5-11(6-8-15)12-10(2)9-13-14(12)3/h9,11H,4-8H2,1-3H3.